The Bertz CT molecular complexity index is 1340. The molecule has 0 spiro atoms. The minimum Gasteiger partial charge on any atom is -0.444 e. The molecular weight excluding hydrogens is 476 g/mol. The number of carbonyl (C=O) groups excluding carboxylic acids is 1. The van der Waals surface area contributed by atoms with E-state index in [1.54, 1.807) is 22.7 Å². The number of aliphatic hydroxyl groups excluding tert-OH is 1. The highest BCUT2D eigenvalue weighted by Crippen LogP contribution is 2.54. The quantitative estimate of drug-likeness (QED) is 0.260. The number of rotatable bonds is 5. The van der Waals surface area contributed by atoms with Gasteiger partial charge in [0.2, 0.25) is 0 Å². The SMILES string of the molecule is Cc1nsc(C#Cc2cc3sc(C4(C(O)O)CC4)cc3s2)c1NC(=O)OCc1ccccc1. The average molecular weight is 497 g/mol. The van der Waals surface area contributed by atoms with E-state index >= 15 is 0 Å². The summed E-state index contributed by atoms with van der Waals surface area (Å²) >= 11 is 4.40. The molecule has 168 valence electrons. The Morgan fingerprint density at radius 1 is 1.18 bits per heavy atom. The zero-order valence-corrected chi connectivity index (χ0v) is 20.1. The normalized spacial score (nSPS) is 14.2. The second-order valence-corrected chi connectivity index (χ2v) is 10.8. The summed E-state index contributed by atoms with van der Waals surface area (Å²) in [4.78, 5) is 14.9. The molecule has 0 atom stereocenters. The van der Waals surface area contributed by atoms with E-state index in [0.717, 1.165) is 37.6 Å². The van der Waals surface area contributed by atoms with Gasteiger partial charge in [0, 0.05) is 14.3 Å². The minimum atomic E-state index is -1.32. The number of ether oxygens (including phenoxy) is 1. The molecule has 1 aromatic carbocycles. The molecule has 1 fully saturated rings. The Balaban J connectivity index is 1.29. The van der Waals surface area contributed by atoms with Gasteiger partial charge in [-0.15, -0.1) is 22.7 Å². The van der Waals surface area contributed by atoms with Gasteiger partial charge in [0.1, 0.15) is 11.5 Å². The maximum Gasteiger partial charge on any atom is 0.412 e. The smallest absolute Gasteiger partial charge is 0.412 e. The molecule has 0 bridgehead atoms. The lowest BCUT2D eigenvalue weighted by atomic mass is 10.1. The van der Waals surface area contributed by atoms with Gasteiger partial charge >= 0.3 is 6.09 Å². The van der Waals surface area contributed by atoms with Crippen LogP contribution in [0.1, 0.15) is 38.7 Å². The van der Waals surface area contributed by atoms with Crippen molar-refractivity contribution in [1.29, 1.82) is 0 Å². The van der Waals surface area contributed by atoms with E-state index in [1.165, 1.54) is 11.5 Å². The number of carbonyl (C=O) groups is 1. The summed E-state index contributed by atoms with van der Waals surface area (Å²) in [7, 11) is 0. The van der Waals surface area contributed by atoms with Crippen LogP contribution >= 0.6 is 34.2 Å². The molecule has 1 amide bonds. The van der Waals surface area contributed by atoms with E-state index in [2.05, 4.69) is 27.6 Å². The second kappa shape index (κ2) is 8.89. The fourth-order valence-electron chi connectivity index (χ4n) is 3.49. The van der Waals surface area contributed by atoms with Gasteiger partial charge in [-0.05, 0) is 60.8 Å². The molecule has 9 heteroatoms. The lowest BCUT2D eigenvalue weighted by Crippen LogP contribution is -2.24. The van der Waals surface area contributed by atoms with Crippen LogP contribution in [-0.4, -0.2) is 27.0 Å². The molecule has 3 aromatic heterocycles. The summed E-state index contributed by atoms with van der Waals surface area (Å²) in [5, 5.41) is 22.2. The Morgan fingerprint density at radius 2 is 1.94 bits per heavy atom. The number of benzene rings is 1. The molecule has 5 rings (SSSR count). The number of nitrogens with zero attached hydrogens (tertiary/aromatic N) is 1. The number of thiophene rings is 2. The Kier molecular flexibility index (Phi) is 5.95. The molecule has 0 radical (unpaired) electrons. The van der Waals surface area contributed by atoms with Crippen molar-refractivity contribution in [3.63, 3.8) is 0 Å². The number of amides is 1. The summed E-state index contributed by atoms with van der Waals surface area (Å²) in [5.74, 6) is 6.30. The van der Waals surface area contributed by atoms with E-state index in [1.807, 2.05) is 43.3 Å². The van der Waals surface area contributed by atoms with Gasteiger partial charge in [0.15, 0.2) is 6.29 Å². The van der Waals surface area contributed by atoms with E-state index in [0.29, 0.717) is 16.3 Å². The fourth-order valence-corrected chi connectivity index (χ4v) is 6.71. The first-order valence-corrected chi connectivity index (χ1v) is 12.7. The molecule has 3 heterocycles. The zero-order chi connectivity index (χ0) is 23.0. The highest BCUT2D eigenvalue weighted by Gasteiger charge is 2.51. The van der Waals surface area contributed by atoms with Crippen molar-refractivity contribution in [2.45, 2.75) is 38.1 Å². The summed E-state index contributed by atoms with van der Waals surface area (Å²) in [5.41, 5.74) is 1.69. The van der Waals surface area contributed by atoms with Crippen molar-refractivity contribution in [3.8, 4) is 11.8 Å². The van der Waals surface area contributed by atoms with Crippen molar-refractivity contribution in [3.05, 3.63) is 68.4 Å². The van der Waals surface area contributed by atoms with Gasteiger partial charge in [0.05, 0.1) is 21.7 Å². The van der Waals surface area contributed by atoms with Gasteiger partial charge in [-0.1, -0.05) is 30.3 Å². The number of aryl methyl sites for hydroxylation is 1. The Hall–Kier alpha value is -2.74. The average Bonchev–Trinajstić information content (AvgIpc) is 3.24. The van der Waals surface area contributed by atoms with Crippen molar-refractivity contribution in [1.82, 2.24) is 4.37 Å². The van der Waals surface area contributed by atoms with E-state index in [4.69, 9.17) is 4.74 Å². The van der Waals surface area contributed by atoms with Crippen molar-refractivity contribution < 1.29 is 19.7 Å². The third-order valence-corrected chi connectivity index (χ3v) is 8.87. The van der Waals surface area contributed by atoms with E-state index in [-0.39, 0.29) is 6.61 Å². The first kappa shape index (κ1) is 22.1. The molecule has 1 saturated carbocycles. The number of fused-ring (bicyclic) bond motifs is 1. The summed E-state index contributed by atoms with van der Waals surface area (Å²) in [6.45, 7) is 2.01. The highest BCUT2D eigenvalue weighted by atomic mass is 32.1. The molecule has 0 unspecified atom stereocenters. The van der Waals surface area contributed by atoms with Crippen molar-refractivity contribution in [2.75, 3.05) is 5.32 Å². The highest BCUT2D eigenvalue weighted by molar-refractivity contribution is 7.28. The van der Waals surface area contributed by atoms with Crippen LogP contribution in [-0.2, 0) is 16.8 Å². The van der Waals surface area contributed by atoms with E-state index < -0.39 is 17.8 Å². The van der Waals surface area contributed by atoms with Gasteiger partial charge in [0.25, 0.3) is 0 Å². The zero-order valence-electron chi connectivity index (χ0n) is 17.6. The lowest BCUT2D eigenvalue weighted by molar-refractivity contribution is -0.0685. The molecule has 33 heavy (non-hydrogen) atoms. The van der Waals surface area contributed by atoms with Crippen molar-refractivity contribution in [2.24, 2.45) is 0 Å². The van der Waals surface area contributed by atoms with Crippen LogP contribution in [0.25, 0.3) is 9.40 Å². The van der Waals surface area contributed by atoms with E-state index in [9.17, 15) is 15.0 Å². The number of aliphatic hydroxyl groups is 2. The Morgan fingerprint density at radius 3 is 2.64 bits per heavy atom. The number of hydrogen-bond donors (Lipinski definition) is 3. The number of nitrogens with one attached hydrogen (secondary N) is 1. The summed E-state index contributed by atoms with van der Waals surface area (Å²) in [6.07, 6.45) is -0.252. The lowest BCUT2D eigenvalue weighted by Gasteiger charge is -2.14. The van der Waals surface area contributed by atoms with Crippen LogP contribution in [0, 0.1) is 18.8 Å². The molecule has 6 nitrogen and oxygen atoms in total. The Labute approximate surface area is 202 Å². The van der Waals surface area contributed by atoms with Crippen LogP contribution in [0.3, 0.4) is 0 Å². The molecule has 0 saturated heterocycles. The number of aromatic nitrogens is 1. The molecule has 4 aromatic rings. The molecule has 0 aliphatic heterocycles. The first-order valence-electron chi connectivity index (χ1n) is 10.3. The molecule has 3 N–H and O–H groups in total. The second-order valence-electron chi connectivity index (χ2n) is 7.89. The number of hydrogen-bond acceptors (Lipinski definition) is 8. The van der Waals surface area contributed by atoms with Gasteiger partial charge in [-0.3, -0.25) is 5.32 Å². The van der Waals surface area contributed by atoms with Crippen LogP contribution < -0.4 is 5.32 Å². The fraction of sp³-hybridized carbons (Fsp3) is 0.250. The minimum absolute atomic E-state index is 0.187. The van der Waals surface area contributed by atoms with Gasteiger partial charge < -0.3 is 14.9 Å². The monoisotopic (exact) mass is 496 g/mol. The maximum absolute atomic E-state index is 12.3. The number of anilines is 1. The molecule has 1 aliphatic carbocycles. The largest absolute Gasteiger partial charge is 0.444 e. The maximum atomic E-state index is 12.3. The first-order chi connectivity index (χ1) is 15.9. The molecular formula is C24H20N2O4S3. The van der Waals surface area contributed by atoms with Crippen LogP contribution in [0.2, 0.25) is 0 Å². The van der Waals surface area contributed by atoms with Crippen LogP contribution in [0.4, 0.5) is 10.5 Å². The summed E-state index contributed by atoms with van der Waals surface area (Å²) in [6, 6.07) is 13.6. The third-order valence-electron chi connectivity index (χ3n) is 5.58. The third kappa shape index (κ3) is 4.53. The topological polar surface area (TPSA) is 91.7 Å². The summed E-state index contributed by atoms with van der Waals surface area (Å²) < 4.78 is 11.8. The predicted octanol–water partition coefficient (Wildman–Crippen LogP) is 5.22. The predicted molar refractivity (Wildman–Crippen MR) is 132 cm³/mol. The van der Waals surface area contributed by atoms with Crippen LogP contribution in [0.15, 0.2) is 42.5 Å². The van der Waals surface area contributed by atoms with Gasteiger partial charge in [-0.25, -0.2) is 4.79 Å². The molecule has 1 aliphatic rings. The standard InChI is InChI=1S/C24H20N2O4S3/c1-14-21(25-23(29)30-13-15-5-3-2-4-6-15)17(33-26-14)8-7-16-11-18-19(31-16)12-20(32-18)24(9-10-24)22(27)28/h2-6,11-12,22,27-28H,9-10,13H2,1H3,(H,25,29). The van der Waals surface area contributed by atoms with Gasteiger partial charge in [-0.2, -0.15) is 4.37 Å². The van der Waals surface area contributed by atoms with Crippen LogP contribution in [0.5, 0.6) is 0 Å². The van der Waals surface area contributed by atoms with Crippen molar-refractivity contribution >= 4 is 55.4 Å².